The molecule has 26 heavy (non-hydrogen) atoms. The molecule has 1 N–H and O–H groups in total. The molecule has 2 aromatic carbocycles. The molecule has 0 bridgehead atoms. The second kappa shape index (κ2) is 7.33. The molecule has 0 aliphatic carbocycles. The molecule has 3 rings (SSSR count). The number of methoxy groups -OCH3 is 3. The van der Waals surface area contributed by atoms with Gasteiger partial charge in [-0.3, -0.25) is 0 Å². The normalized spacial score (nSPS) is 11.6. The Morgan fingerprint density at radius 1 is 1.08 bits per heavy atom. The lowest BCUT2D eigenvalue weighted by Crippen LogP contribution is -1.98. The van der Waals surface area contributed by atoms with Gasteiger partial charge in [-0.15, -0.1) is 11.3 Å². The molecule has 0 atom stereocenters. The summed E-state index contributed by atoms with van der Waals surface area (Å²) in [5.74, 6) is 0.973. The van der Waals surface area contributed by atoms with E-state index in [-0.39, 0.29) is 11.3 Å². The number of rotatable bonds is 5. The van der Waals surface area contributed by atoms with Gasteiger partial charge in [-0.05, 0) is 24.3 Å². The number of ether oxygens (including phenoxy) is 3. The molecule has 0 saturated carbocycles. The second-order valence-electron chi connectivity index (χ2n) is 5.24. The summed E-state index contributed by atoms with van der Waals surface area (Å²) in [7, 11) is 4.47. The summed E-state index contributed by atoms with van der Waals surface area (Å²) in [4.78, 5) is 4.44. The number of para-hydroxylation sites is 1. The lowest BCUT2D eigenvalue weighted by atomic mass is 10.1. The lowest BCUT2D eigenvalue weighted by Gasteiger charge is -2.14. The van der Waals surface area contributed by atoms with Gasteiger partial charge in [0.1, 0.15) is 22.4 Å². The monoisotopic (exact) mass is 368 g/mol. The van der Waals surface area contributed by atoms with E-state index in [0.717, 1.165) is 10.2 Å². The largest absolute Gasteiger partial charge is 0.506 e. The van der Waals surface area contributed by atoms with Gasteiger partial charge in [0.05, 0.1) is 31.5 Å². The molecule has 1 aromatic heterocycles. The van der Waals surface area contributed by atoms with Gasteiger partial charge < -0.3 is 19.3 Å². The first-order valence-corrected chi connectivity index (χ1v) is 8.44. The molecule has 0 radical (unpaired) electrons. The zero-order chi connectivity index (χ0) is 18.7. The van der Waals surface area contributed by atoms with Crippen LogP contribution in [0.15, 0.2) is 36.4 Å². The predicted octanol–water partition coefficient (Wildman–Crippen LogP) is 4.27. The van der Waals surface area contributed by atoms with Crippen molar-refractivity contribution >= 4 is 32.9 Å². The van der Waals surface area contributed by atoms with Crippen molar-refractivity contribution in [1.82, 2.24) is 4.98 Å². The number of aliphatic hydroxyl groups excluding tert-OH is 1. The first-order chi connectivity index (χ1) is 12.6. The zero-order valence-electron chi connectivity index (χ0n) is 14.4. The van der Waals surface area contributed by atoms with E-state index in [4.69, 9.17) is 14.2 Å². The lowest BCUT2D eigenvalue weighted by molar-refractivity contribution is 0.324. The Hall–Kier alpha value is -3.24. The second-order valence-corrected chi connectivity index (χ2v) is 6.27. The number of aromatic nitrogens is 1. The number of benzene rings is 2. The van der Waals surface area contributed by atoms with Crippen molar-refractivity contribution in [2.24, 2.45) is 0 Å². The number of nitriles is 1. The maximum absolute atomic E-state index is 10.7. The Labute approximate surface area is 154 Å². The van der Waals surface area contributed by atoms with Crippen LogP contribution in [0.2, 0.25) is 0 Å². The van der Waals surface area contributed by atoms with Crippen LogP contribution in [0.1, 0.15) is 10.6 Å². The van der Waals surface area contributed by atoms with Crippen molar-refractivity contribution in [2.75, 3.05) is 21.3 Å². The Balaban J connectivity index is 2.18. The highest BCUT2D eigenvalue weighted by atomic mass is 32.1. The van der Waals surface area contributed by atoms with Crippen LogP contribution in [0.5, 0.6) is 17.2 Å². The number of thiazole rings is 1. The Morgan fingerprint density at radius 2 is 1.73 bits per heavy atom. The number of allylic oxidation sites excluding steroid dienone is 1. The summed E-state index contributed by atoms with van der Waals surface area (Å²) in [5, 5.41) is 20.8. The van der Waals surface area contributed by atoms with E-state index in [0.29, 0.717) is 27.8 Å². The molecule has 0 spiro atoms. The van der Waals surface area contributed by atoms with Crippen LogP contribution in [-0.2, 0) is 0 Å². The predicted molar refractivity (Wildman–Crippen MR) is 101 cm³/mol. The first kappa shape index (κ1) is 17.6. The summed E-state index contributed by atoms with van der Waals surface area (Å²) < 4.78 is 16.8. The molecule has 0 amide bonds. The third-order valence-electron chi connectivity index (χ3n) is 3.79. The maximum Gasteiger partial charge on any atom is 0.203 e. The first-order valence-electron chi connectivity index (χ1n) is 7.62. The van der Waals surface area contributed by atoms with E-state index in [1.807, 2.05) is 30.3 Å². The molecule has 132 valence electrons. The van der Waals surface area contributed by atoms with Crippen molar-refractivity contribution in [3.05, 3.63) is 47.0 Å². The van der Waals surface area contributed by atoms with Gasteiger partial charge in [0, 0.05) is 5.56 Å². The van der Waals surface area contributed by atoms with Crippen LogP contribution in [0.4, 0.5) is 0 Å². The quantitative estimate of drug-likeness (QED) is 0.535. The van der Waals surface area contributed by atoms with E-state index >= 15 is 0 Å². The van der Waals surface area contributed by atoms with Gasteiger partial charge in [-0.1, -0.05) is 12.1 Å². The summed E-state index contributed by atoms with van der Waals surface area (Å²) in [6.45, 7) is 0. The highest BCUT2D eigenvalue weighted by Gasteiger charge is 2.19. The number of nitrogens with zero attached hydrogens (tertiary/aromatic N) is 2. The molecule has 1 heterocycles. The smallest absolute Gasteiger partial charge is 0.203 e. The minimum atomic E-state index is -0.203. The molecular formula is C19H16N2O4S. The van der Waals surface area contributed by atoms with Crippen LogP contribution in [-0.4, -0.2) is 31.4 Å². The Kier molecular flexibility index (Phi) is 4.96. The minimum absolute atomic E-state index is 0.0838. The summed E-state index contributed by atoms with van der Waals surface area (Å²) >= 11 is 1.34. The van der Waals surface area contributed by atoms with Gasteiger partial charge in [-0.2, -0.15) is 5.26 Å². The zero-order valence-corrected chi connectivity index (χ0v) is 15.3. The van der Waals surface area contributed by atoms with Crippen molar-refractivity contribution in [3.8, 4) is 23.3 Å². The third kappa shape index (κ3) is 3.03. The number of fused-ring (bicyclic) bond motifs is 1. The highest BCUT2D eigenvalue weighted by Crippen LogP contribution is 2.41. The van der Waals surface area contributed by atoms with E-state index in [9.17, 15) is 10.4 Å². The van der Waals surface area contributed by atoms with Crippen LogP contribution < -0.4 is 14.2 Å². The van der Waals surface area contributed by atoms with E-state index in [2.05, 4.69) is 4.98 Å². The Morgan fingerprint density at radius 3 is 2.27 bits per heavy atom. The molecule has 0 unspecified atom stereocenters. The van der Waals surface area contributed by atoms with Crippen LogP contribution in [0, 0.1) is 11.3 Å². The molecule has 6 nitrogen and oxygen atoms in total. The topological polar surface area (TPSA) is 84.6 Å². The van der Waals surface area contributed by atoms with E-state index < -0.39 is 0 Å². The maximum atomic E-state index is 10.7. The minimum Gasteiger partial charge on any atom is -0.506 e. The molecule has 0 aliphatic rings. The Bertz CT molecular complexity index is 975. The summed E-state index contributed by atoms with van der Waals surface area (Å²) in [6, 6.07) is 12.8. The number of aliphatic hydroxyl groups is 1. The summed E-state index contributed by atoms with van der Waals surface area (Å²) in [6.07, 6.45) is 0. The van der Waals surface area contributed by atoms with Gasteiger partial charge in [0.15, 0.2) is 11.5 Å². The van der Waals surface area contributed by atoms with E-state index in [1.165, 1.54) is 32.7 Å². The van der Waals surface area contributed by atoms with Gasteiger partial charge >= 0.3 is 0 Å². The highest BCUT2D eigenvalue weighted by molar-refractivity contribution is 7.19. The standard InChI is InChI=1S/C19H16N2O4S/c1-23-14-8-11(9-15(24-2)18(14)25-3)17(22)12(10-20)19-21-13-6-4-5-7-16(13)26-19/h4-9,22H,1-3H3. The van der Waals surface area contributed by atoms with Crippen molar-refractivity contribution in [1.29, 1.82) is 5.26 Å². The van der Waals surface area contributed by atoms with Gasteiger partial charge in [-0.25, -0.2) is 4.98 Å². The SMILES string of the molecule is COc1cc(C(O)=C(C#N)c2nc3ccccc3s2)cc(OC)c1OC. The number of hydrogen-bond donors (Lipinski definition) is 1. The van der Waals surface area contributed by atoms with Crippen LogP contribution in [0.25, 0.3) is 21.5 Å². The molecule has 0 saturated heterocycles. The van der Waals surface area contributed by atoms with Gasteiger partial charge in [0.2, 0.25) is 5.75 Å². The fraction of sp³-hybridized carbons (Fsp3) is 0.158. The van der Waals surface area contributed by atoms with Crippen LogP contribution in [0.3, 0.4) is 0 Å². The molecule has 0 aliphatic heterocycles. The van der Waals surface area contributed by atoms with Crippen molar-refractivity contribution in [3.63, 3.8) is 0 Å². The van der Waals surface area contributed by atoms with Crippen molar-refractivity contribution in [2.45, 2.75) is 0 Å². The van der Waals surface area contributed by atoms with Gasteiger partial charge in [0.25, 0.3) is 0 Å². The molecule has 0 fully saturated rings. The van der Waals surface area contributed by atoms with Crippen LogP contribution >= 0.6 is 11.3 Å². The third-order valence-corrected chi connectivity index (χ3v) is 4.85. The van der Waals surface area contributed by atoms with E-state index in [1.54, 1.807) is 12.1 Å². The fourth-order valence-electron chi connectivity index (χ4n) is 2.54. The molecular weight excluding hydrogens is 352 g/mol. The molecule has 7 heteroatoms. The summed E-state index contributed by atoms with van der Waals surface area (Å²) in [5.41, 5.74) is 1.23. The molecule has 3 aromatic rings. The number of hydrogen-bond acceptors (Lipinski definition) is 7. The fourth-order valence-corrected chi connectivity index (χ4v) is 3.50. The average Bonchev–Trinajstić information content (AvgIpc) is 3.10. The van der Waals surface area contributed by atoms with Crippen molar-refractivity contribution < 1.29 is 19.3 Å². The average molecular weight is 368 g/mol.